The molecular weight excluding hydrogens is 396 g/mol. The third kappa shape index (κ3) is 4.04. The molecule has 9 heteroatoms. The number of hydrogen-bond donors (Lipinski definition) is 1. The van der Waals surface area contributed by atoms with Crippen LogP contribution in [-0.4, -0.2) is 44.8 Å². The molecule has 1 fully saturated rings. The Bertz CT molecular complexity index is 1030. The number of amides is 2. The number of rotatable bonds is 6. The highest BCUT2D eigenvalue weighted by atomic mass is 32.2. The topological polar surface area (TPSA) is 102 Å². The molecule has 0 spiro atoms. The van der Waals surface area contributed by atoms with E-state index >= 15 is 0 Å². The standard InChI is InChI=1S/C20H22N2O6S/c1-13-4-7-15(8-5-13)29(25,26)22-17(10-11-19(22)23)20(24)21-16-9-6-14(27-2)12-18(16)28-3/h4-9,12,17H,10-11H2,1-3H3,(H,21,24)/t17-/m0/s1. The second-order valence-electron chi connectivity index (χ2n) is 6.62. The largest absolute Gasteiger partial charge is 0.497 e. The summed E-state index contributed by atoms with van der Waals surface area (Å²) in [5.41, 5.74) is 1.24. The zero-order valence-corrected chi connectivity index (χ0v) is 17.2. The highest BCUT2D eigenvalue weighted by molar-refractivity contribution is 7.89. The normalized spacial score (nSPS) is 16.6. The number of aryl methyl sites for hydroxylation is 1. The molecule has 0 bridgehead atoms. The third-order valence-corrected chi connectivity index (χ3v) is 6.55. The first kappa shape index (κ1) is 20.7. The summed E-state index contributed by atoms with van der Waals surface area (Å²) in [5, 5.41) is 2.66. The fourth-order valence-corrected chi connectivity index (χ4v) is 4.74. The highest BCUT2D eigenvalue weighted by Crippen LogP contribution is 2.32. The van der Waals surface area contributed by atoms with Crippen molar-refractivity contribution in [2.75, 3.05) is 19.5 Å². The van der Waals surface area contributed by atoms with Crippen LogP contribution in [0.25, 0.3) is 0 Å². The number of methoxy groups -OCH3 is 2. The summed E-state index contributed by atoms with van der Waals surface area (Å²) in [7, 11) is -1.20. The van der Waals surface area contributed by atoms with Crippen molar-refractivity contribution in [2.45, 2.75) is 30.7 Å². The summed E-state index contributed by atoms with van der Waals surface area (Å²) < 4.78 is 37.1. The van der Waals surface area contributed by atoms with Crippen LogP contribution in [0.2, 0.25) is 0 Å². The van der Waals surface area contributed by atoms with Gasteiger partial charge in [-0.15, -0.1) is 0 Å². The van der Waals surface area contributed by atoms with Crippen molar-refractivity contribution in [2.24, 2.45) is 0 Å². The van der Waals surface area contributed by atoms with E-state index < -0.39 is 27.9 Å². The van der Waals surface area contributed by atoms with Gasteiger partial charge in [0.25, 0.3) is 10.0 Å². The average Bonchev–Trinajstić information content (AvgIpc) is 3.11. The van der Waals surface area contributed by atoms with Crippen molar-refractivity contribution >= 4 is 27.5 Å². The number of hydrogen-bond acceptors (Lipinski definition) is 6. The van der Waals surface area contributed by atoms with Crippen LogP contribution in [0.4, 0.5) is 5.69 Å². The average molecular weight is 418 g/mol. The molecule has 1 aliphatic rings. The molecule has 154 valence electrons. The molecule has 2 amide bonds. The molecule has 1 atom stereocenters. The van der Waals surface area contributed by atoms with Crippen LogP contribution in [-0.2, 0) is 19.6 Å². The minimum Gasteiger partial charge on any atom is -0.497 e. The Hall–Kier alpha value is -3.07. The Balaban J connectivity index is 1.88. The maximum absolute atomic E-state index is 13.0. The van der Waals surface area contributed by atoms with E-state index in [2.05, 4.69) is 5.32 Å². The number of carbonyl (C=O) groups excluding carboxylic acids is 2. The van der Waals surface area contributed by atoms with Gasteiger partial charge in [-0.25, -0.2) is 12.7 Å². The molecule has 0 saturated carbocycles. The molecule has 0 radical (unpaired) electrons. The number of nitrogens with zero attached hydrogens (tertiary/aromatic N) is 1. The van der Waals surface area contributed by atoms with Crippen molar-refractivity contribution in [1.82, 2.24) is 4.31 Å². The van der Waals surface area contributed by atoms with Crippen LogP contribution >= 0.6 is 0 Å². The number of ether oxygens (including phenoxy) is 2. The minimum absolute atomic E-state index is 0.0249. The van der Waals surface area contributed by atoms with E-state index in [1.807, 2.05) is 6.92 Å². The van der Waals surface area contributed by atoms with Gasteiger partial charge in [0, 0.05) is 12.5 Å². The van der Waals surface area contributed by atoms with E-state index in [1.165, 1.54) is 26.4 Å². The van der Waals surface area contributed by atoms with Gasteiger partial charge in [-0.1, -0.05) is 17.7 Å². The maximum Gasteiger partial charge on any atom is 0.267 e. The second-order valence-corrected chi connectivity index (χ2v) is 8.43. The molecule has 0 unspecified atom stereocenters. The first-order valence-corrected chi connectivity index (χ1v) is 10.4. The van der Waals surface area contributed by atoms with Gasteiger partial charge in [-0.05, 0) is 37.6 Å². The molecule has 3 rings (SSSR count). The van der Waals surface area contributed by atoms with Crippen LogP contribution in [0.3, 0.4) is 0 Å². The lowest BCUT2D eigenvalue weighted by Gasteiger charge is -2.24. The van der Waals surface area contributed by atoms with Gasteiger partial charge in [-0.3, -0.25) is 9.59 Å². The Morgan fingerprint density at radius 1 is 1.10 bits per heavy atom. The second kappa shape index (κ2) is 8.12. The van der Waals surface area contributed by atoms with Gasteiger partial charge in [0.05, 0.1) is 24.8 Å². The molecule has 2 aromatic carbocycles. The third-order valence-electron chi connectivity index (χ3n) is 4.71. The molecule has 0 aliphatic carbocycles. The fraction of sp³-hybridized carbons (Fsp3) is 0.300. The Kier molecular flexibility index (Phi) is 5.78. The van der Waals surface area contributed by atoms with Gasteiger partial charge >= 0.3 is 0 Å². The van der Waals surface area contributed by atoms with E-state index in [-0.39, 0.29) is 17.7 Å². The predicted molar refractivity (Wildman–Crippen MR) is 106 cm³/mol. The molecule has 8 nitrogen and oxygen atoms in total. The van der Waals surface area contributed by atoms with E-state index in [4.69, 9.17) is 9.47 Å². The number of sulfonamides is 1. The highest BCUT2D eigenvalue weighted by Gasteiger charge is 2.44. The lowest BCUT2D eigenvalue weighted by Crippen LogP contribution is -2.45. The smallest absolute Gasteiger partial charge is 0.267 e. The number of anilines is 1. The summed E-state index contributed by atoms with van der Waals surface area (Å²) in [6, 6.07) is 9.83. The van der Waals surface area contributed by atoms with Gasteiger partial charge < -0.3 is 14.8 Å². The molecule has 1 aliphatic heterocycles. The molecule has 1 heterocycles. The summed E-state index contributed by atoms with van der Waals surface area (Å²) >= 11 is 0. The molecule has 2 aromatic rings. The van der Waals surface area contributed by atoms with E-state index in [1.54, 1.807) is 30.3 Å². The Labute approximate surface area is 169 Å². The maximum atomic E-state index is 13.0. The van der Waals surface area contributed by atoms with Crippen molar-refractivity contribution < 1.29 is 27.5 Å². The van der Waals surface area contributed by atoms with Crippen molar-refractivity contribution in [1.29, 1.82) is 0 Å². The Morgan fingerprint density at radius 2 is 1.79 bits per heavy atom. The van der Waals surface area contributed by atoms with Crippen LogP contribution in [0, 0.1) is 6.92 Å². The Morgan fingerprint density at radius 3 is 2.41 bits per heavy atom. The molecule has 29 heavy (non-hydrogen) atoms. The zero-order chi connectivity index (χ0) is 21.2. The van der Waals surface area contributed by atoms with E-state index in [9.17, 15) is 18.0 Å². The summed E-state index contributed by atoms with van der Waals surface area (Å²) in [5.74, 6) is -0.308. The predicted octanol–water partition coefficient (Wildman–Crippen LogP) is 2.33. The van der Waals surface area contributed by atoms with Crippen LogP contribution in [0.5, 0.6) is 11.5 Å². The number of carbonyl (C=O) groups is 2. The van der Waals surface area contributed by atoms with Gasteiger partial charge in [0.2, 0.25) is 11.8 Å². The summed E-state index contributed by atoms with van der Waals surface area (Å²) in [6.45, 7) is 1.83. The summed E-state index contributed by atoms with van der Waals surface area (Å²) in [6.07, 6.45) is 0.0805. The van der Waals surface area contributed by atoms with Gasteiger partial charge in [0.1, 0.15) is 17.5 Å². The van der Waals surface area contributed by atoms with E-state index in [0.29, 0.717) is 21.5 Å². The van der Waals surface area contributed by atoms with Crippen molar-refractivity contribution in [3.05, 3.63) is 48.0 Å². The van der Waals surface area contributed by atoms with E-state index in [0.717, 1.165) is 5.56 Å². The van der Waals surface area contributed by atoms with Crippen LogP contribution in [0.1, 0.15) is 18.4 Å². The molecule has 1 saturated heterocycles. The lowest BCUT2D eigenvalue weighted by atomic mass is 10.2. The summed E-state index contributed by atoms with van der Waals surface area (Å²) in [4.78, 5) is 25.2. The van der Waals surface area contributed by atoms with Gasteiger partial charge in [-0.2, -0.15) is 0 Å². The van der Waals surface area contributed by atoms with Crippen LogP contribution < -0.4 is 14.8 Å². The molecule has 0 aromatic heterocycles. The first-order valence-electron chi connectivity index (χ1n) is 8.94. The quantitative estimate of drug-likeness (QED) is 0.773. The van der Waals surface area contributed by atoms with Gasteiger partial charge in [0.15, 0.2) is 0 Å². The SMILES string of the molecule is COc1ccc(NC(=O)[C@@H]2CCC(=O)N2S(=O)(=O)c2ccc(C)cc2)c(OC)c1. The molecule has 1 N–H and O–H groups in total. The number of nitrogens with one attached hydrogen (secondary N) is 1. The van der Waals surface area contributed by atoms with Crippen LogP contribution in [0.15, 0.2) is 47.4 Å². The molecular formula is C20H22N2O6S. The first-order chi connectivity index (χ1) is 13.8. The zero-order valence-electron chi connectivity index (χ0n) is 16.3. The number of benzene rings is 2. The fourth-order valence-electron chi connectivity index (χ4n) is 3.14. The monoisotopic (exact) mass is 418 g/mol. The van der Waals surface area contributed by atoms with Crippen molar-refractivity contribution in [3.8, 4) is 11.5 Å². The lowest BCUT2D eigenvalue weighted by molar-refractivity contribution is -0.128. The minimum atomic E-state index is -4.15. The van der Waals surface area contributed by atoms with Crippen molar-refractivity contribution in [3.63, 3.8) is 0 Å².